The molecule has 0 aliphatic heterocycles. The topological polar surface area (TPSA) is 47.6 Å². The summed E-state index contributed by atoms with van der Waals surface area (Å²) < 4.78 is 10.2. The summed E-state index contributed by atoms with van der Waals surface area (Å²) in [6.45, 7) is 1.39. The van der Waals surface area contributed by atoms with Crippen LogP contribution < -0.4 is 10.1 Å². The maximum absolute atomic E-state index is 10.8. The average Bonchev–Trinajstić information content (AvgIpc) is 2.41. The molecule has 0 fully saturated rings. The van der Waals surface area contributed by atoms with Crippen LogP contribution in [0.2, 0.25) is 0 Å². The Hall–Kier alpha value is -2.23. The third kappa shape index (κ3) is 3.88. The number of esters is 1. The highest BCUT2D eigenvalue weighted by Crippen LogP contribution is 2.22. The molecule has 19 heavy (non-hydrogen) atoms. The summed E-state index contributed by atoms with van der Waals surface area (Å²) in [5.74, 6) is 1.24. The number of anilines is 1. The average molecular weight is 259 g/mol. The van der Waals surface area contributed by atoms with E-state index in [0.29, 0.717) is 5.75 Å². The van der Waals surface area contributed by atoms with Crippen molar-refractivity contribution in [3.8, 4) is 5.75 Å². The molecule has 100 valence electrons. The lowest BCUT2D eigenvalue weighted by Gasteiger charge is -2.15. The van der Waals surface area contributed by atoms with Gasteiger partial charge in [0.2, 0.25) is 0 Å². The van der Waals surface area contributed by atoms with Crippen LogP contribution in [0.1, 0.15) is 19.8 Å². The molecule has 0 atom stereocenters. The molecular weight excluding hydrogens is 242 g/mol. The minimum atomic E-state index is -0.312. The number of ether oxygens (including phenoxy) is 2. The molecule has 2 rings (SSSR count). The molecule has 0 saturated carbocycles. The van der Waals surface area contributed by atoms with E-state index in [1.54, 1.807) is 19.2 Å². The molecule has 0 radical (unpaired) electrons. The highest BCUT2D eigenvalue weighted by molar-refractivity contribution is 5.69. The SMILES string of the molecule is COC1=CC=C(Nc2ccc(OC(C)=O)cc2)CC1. The summed E-state index contributed by atoms with van der Waals surface area (Å²) in [5.41, 5.74) is 2.11. The quantitative estimate of drug-likeness (QED) is 0.666. The van der Waals surface area contributed by atoms with Gasteiger partial charge in [0.25, 0.3) is 0 Å². The maximum atomic E-state index is 10.8. The van der Waals surface area contributed by atoms with Crippen LogP contribution in [-0.4, -0.2) is 13.1 Å². The zero-order valence-corrected chi connectivity index (χ0v) is 11.1. The fraction of sp³-hybridized carbons (Fsp3) is 0.267. The fourth-order valence-corrected chi connectivity index (χ4v) is 1.85. The highest BCUT2D eigenvalue weighted by atomic mass is 16.5. The second-order valence-corrected chi connectivity index (χ2v) is 4.27. The zero-order chi connectivity index (χ0) is 13.7. The van der Waals surface area contributed by atoms with Crippen LogP contribution in [-0.2, 0) is 9.53 Å². The van der Waals surface area contributed by atoms with Crippen molar-refractivity contribution in [3.63, 3.8) is 0 Å². The number of methoxy groups -OCH3 is 1. The molecule has 1 aliphatic carbocycles. The first-order valence-electron chi connectivity index (χ1n) is 6.16. The minimum Gasteiger partial charge on any atom is -0.501 e. The van der Waals surface area contributed by atoms with Crippen molar-refractivity contribution in [3.05, 3.63) is 47.9 Å². The monoisotopic (exact) mass is 259 g/mol. The van der Waals surface area contributed by atoms with Crippen molar-refractivity contribution in [1.29, 1.82) is 0 Å². The number of rotatable bonds is 4. The molecule has 4 heteroatoms. The maximum Gasteiger partial charge on any atom is 0.308 e. The number of allylic oxidation sites excluding steroid dienone is 4. The molecule has 1 aromatic rings. The Labute approximate surface area is 112 Å². The van der Waals surface area contributed by atoms with Crippen molar-refractivity contribution in [1.82, 2.24) is 0 Å². The van der Waals surface area contributed by atoms with Crippen LogP contribution in [0.5, 0.6) is 5.75 Å². The van der Waals surface area contributed by atoms with Crippen LogP contribution in [0.3, 0.4) is 0 Å². The number of carbonyl (C=O) groups excluding carboxylic acids is 1. The molecule has 4 nitrogen and oxygen atoms in total. The zero-order valence-electron chi connectivity index (χ0n) is 11.1. The molecule has 0 heterocycles. The second kappa shape index (κ2) is 6.09. The number of benzene rings is 1. The van der Waals surface area contributed by atoms with E-state index in [-0.39, 0.29) is 5.97 Å². The molecule has 0 aromatic heterocycles. The summed E-state index contributed by atoms with van der Waals surface area (Å²) in [4.78, 5) is 10.8. The smallest absolute Gasteiger partial charge is 0.308 e. The van der Waals surface area contributed by atoms with E-state index in [4.69, 9.17) is 9.47 Å². The van der Waals surface area contributed by atoms with E-state index in [2.05, 4.69) is 5.32 Å². The van der Waals surface area contributed by atoms with Gasteiger partial charge in [-0.25, -0.2) is 0 Å². The third-order valence-corrected chi connectivity index (χ3v) is 2.79. The van der Waals surface area contributed by atoms with Crippen LogP contribution >= 0.6 is 0 Å². The van der Waals surface area contributed by atoms with E-state index in [1.807, 2.05) is 24.3 Å². The highest BCUT2D eigenvalue weighted by Gasteiger charge is 2.06. The Bertz CT molecular complexity index is 515. The Kier molecular flexibility index (Phi) is 4.23. The van der Waals surface area contributed by atoms with E-state index < -0.39 is 0 Å². The first kappa shape index (κ1) is 13.2. The molecule has 0 amide bonds. The second-order valence-electron chi connectivity index (χ2n) is 4.27. The molecule has 1 aliphatic rings. The van der Waals surface area contributed by atoms with Gasteiger partial charge in [-0.1, -0.05) is 0 Å². The van der Waals surface area contributed by atoms with Gasteiger partial charge in [0, 0.05) is 24.7 Å². The fourth-order valence-electron chi connectivity index (χ4n) is 1.85. The molecule has 1 N–H and O–H groups in total. The lowest BCUT2D eigenvalue weighted by atomic mass is 10.1. The van der Waals surface area contributed by atoms with Gasteiger partial charge in [-0.2, -0.15) is 0 Å². The lowest BCUT2D eigenvalue weighted by Crippen LogP contribution is -2.04. The lowest BCUT2D eigenvalue weighted by molar-refractivity contribution is -0.131. The number of hydrogen-bond acceptors (Lipinski definition) is 4. The summed E-state index contributed by atoms with van der Waals surface area (Å²) >= 11 is 0. The third-order valence-electron chi connectivity index (χ3n) is 2.79. The summed E-state index contributed by atoms with van der Waals surface area (Å²) in [6, 6.07) is 7.30. The van der Waals surface area contributed by atoms with Gasteiger partial charge >= 0.3 is 5.97 Å². The van der Waals surface area contributed by atoms with Gasteiger partial charge in [-0.05, 0) is 42.8 Å². The molecule has 0 spiro atoms. The number of nitrogens with one attached hydrogen (secondary N) is 1. The Morgan fingerprint density at radius 3 is 2.42 bits per heavy atom. The van der Waals surface area contributed by atoms with Gasteiger partial charge in [0.15, 0.2) is 0 Å². The largest absolute Gasteiger partial charge is 0.501 e. The number of hydrogen-bond donors (Lipinski definition) is 1. The van der Waals surface area contributed by atoms with E-state index in [9.17, 15) is 4.79 Å². The van der Waals surface area contributed by atoms with Crippen LogP contribution in [0.25, 0.3) is 0 Å². The standard InChI is InChI=1S/C15H17NO3/c1-11(17)19-15-9-5-13(6-10-15)16-12-3-7-14(18-2)8-4-12/h3,5-7,9-10,16H,4,8H2,1-2H3. The molecule has 0 saturated heterocycles. The number of carbonyl (C=O) groups is 1. The van der Waals surface area contributed by atoms with Crippen molar-refractivity contribution < 1.29 is 14.3 Å². The summed E-state index contributed by atoms with van der Waals surface area (Å²) in [7, 11) is 1.69. The van der Waals surface area contributed by atoms with E-state index in [1.165, 1.54) is 6.92 Å². The van der Waals surface area contributed by atoms with Crippen LogP contribution in [0, 0.1) is 0 Å². The van der Waals surface area contributed by atoms with Gasteiger partial charge < -0.3 is 14.8 Å². The normalized spacial score (nSPS) is 14.2. The van der Waals surface area contributed by atoms with E-state index in [0.717, 1.165) is 30.0 Å². The van der Waals surface area contributed by atoms with Crippen molar-refractivity contribution >= 4 is 11.7 Å². The van der Waals surface area contributed by atoms with Crippen LogP contribution in [0.15, 0.2) is 47.9 Å². The minimum absolute atomic E-state index is 0.312. The molecule has 0 bridgehead atoms. The van der Waals surface area contributed by atoms with E-state index >= 15 is 0 Å². The van der Waals surface area contributed by atoms with Gasteiger partial charge in [0.05, 0.1) is 12.9 Å². The molecular formula is C15H17NO3. The predicted molar refractivity (Wildman–Crippen MR) is 73.8 cm³/mol. The predicted octanol–water partition coefficient (Wildman–Crippen LogP) is 3.23. The first-order chi connectivity index (χ1) is 9.17. The van der Waals surface area contributed by atoms with Crippen LogP contribution in [0.4, 0.5) is 5.69 Å². The van der Waals surface area contributed by atoms with Crippen molar-refractivity contribution in [2.24, 2.45) is 0 Å². The van der Waals surface area contributed by atoms with Crippen molar-refractivity contribution in [2.75, 3.05) is 12.4 Å². The Morgan fingerprint density at radius 2 is 1.89 bits per heavy atom. The molecule has 0 unspecified atom stereocenters. The Morgan fingerprint density at radius 1 is 1.16 bits per heavy atom. The van der Waals surface area contributed by atoms with Gasteiger partial charge in [-0.3, -0.25) is 4.79 Å². The van der Waals surface area contributed by atoms with Gasteiger partial charge in [0.1, 0.15) is 5.75 Å². The van der Waals surface area contributed by atoms with Gasteiger partial charge in [-0.15, -0.1) is 0 Å². The summed E-state index contributed by atoms with van der Waals surface area (Å²) in [6.07, 6.45) is 5.81. The summed E-state index contributed by atoms with van der Waals surface area (Å²) in [5, 5.41) is 3.33. The Balaban J connectivity index is 1.98. The van der Waals surface area contributed by atoms with Crippen molar-refractivity contribution in [2.45, 2.75) is 19.8 Å². The molecule has 1 aromatic carbocycles. The first-order valence-corrected chi connectivity index (χ1v) is 6.16.